The summed E-state index contributed by atoms with van der Waals surface area (Å²) < 4.78 is 19.4. The summed E-state index contributed by atoms with van der Waals surface area (Å²) in [6.07, 6.45) is 3.72. The van der Waals surface area contributed by atoms with Gasteiger partial charge in [-0.05, 0) is 57.4 Å². The lowest BCUT2D eigenvalue weighted by Gasteiger charge is -2.34. The molecule has 1 fully saturated rings. The number of halogens is 1. The van der Waals surface area contributed by atoms with Gasteiger partial charge in [0, 0.05) is 31.9 Å². The summed E-state index contributed by atoms with van der Waals surface area (Å²) in [5.41, 5.74) is 1.18. The third-order valence-electron chi connectivity index (χ3n) is 5.07. The molecule has 0 spiro atoms. The van der Waals surface area contributed by atoms with Gasteiger partial charge in [0.1, 0.15) is 11.9 Å². The van der Waals surface area contributed by atoms with Crippen molar-refractivity contribution in [3.8, 4) is 5.75 Å². The molecule has 0 saturated carbocycles. The van der Waals surface area contributed by atoms with E-state index in [4.69, 9.17) is 4.74 Å². The van der Waals surface area contributed by atoms with E-state index in [1.807, 2.05) is 20.0 Å². The number of anilines is 1. The van der Waals surface area contributed by atoms with Gasteiger partial charge in [-0.25, -0.2) is 14.4 Å². The van der Waals surface area contributed by atoms with Crippen LogP contribution in [0.1, 0.15) is 32.3 Å². The monoisotopic (exact) mass is 413 g/mol. The summed E-state index contributed by atoms with van der Waals surface area (Å²) in [6, 6.07) is 11.0. The number of rotatable bonds is 7. The molecule has 30 heavy (non-hydrogen) atoms. The van der Waals surface area contributed by atoms with E-state index in [0.717, 1.165) is 44.3 Å². The molecule has 1 atom stereocenters. The van der Waals surface area contributed by atoms with E-state index >= 15 is 0 Å². The van der Waals surface area contributed by atoms with Crippen LogP contribution in [0.25, 0.3) is 0 Å². The Kier molecular flexibility index (Phi) is 7.88. The van der Waals surface area contributed by atoms with Gasteiger partial charge < -0.3 is 20.3 Å². The number of nitrogens with zero attached hydrogens (tertiary/aromatic N) is 3. The number of piperidine rings is 1. The number of aromatic nitrogens is 1. The molecule has 1 aromatic heterocycles. The zero-order chi connectivity index (χ0) is 21.3. The van der Waals surface area contributed by atoms with Crippen LogP contribution in [0.3, 0.4) is 0 Å². The lowest BCUT2D eigenvalue weighted by Crippen LogP contribution is -2.49. The predicted molar refractivity (Wildman–Crippen MR) is 120 cm³/mol. The van der Waals surface area contributed by atoms with Gasteiger partial charge in [0.25, 0.3) is 0 Å². The number of ether oxygens (including phenoxy) is 1. The first-order chi connectivity index (χ1) is 14.5. The number of pyridine rings is 1. The van der Waals surface area contributed by atoms with Crippen molar-refractivity contribution in [3.63, 3.8) is 0 Å². The minimum absolute atomic E-state index is 0.230. The fourth-order valence-electron chi connectivity index (χ4n) is 3.43. The van der Waals surface area contributed by atoms with Crippen molar-refractivity contribution in [3.05, 3.63) is 54.0 Å². The fraction of sp³-hybridized carbons (Fsp3) is 0.478. The molecule has 1 aliphatic rings. The molecule has 0 aliphatic carbocycles. The molecule has 1 aliphatic heterocycles. The highest BCUT2D eigenvalue weighted by molar-refractivity contribution is 5.80. The Labute approximate surface area is 178 Å². The van der Waals surface area contributed by atoms with Crippen LogP contribution in [-0.4, -0.2) is 49.3 Å². The van der Waals surface area contributed by atoms with Gasteiger partial charge in [0.05, 0.1) is 6.54 Å². The van der Waals surface area contributed by atoms with Crippen LogP contribution in [0.15, 0.2) is 47.6 Å². The first-order valence-electron chi connectivity index (χ1n) is 10.7. The summed E-state index contributed by atoms with van der Waals surface area (Å²) in [6.45, 7) is 9.13. The third kappa shape index (κ3) is 6.34. The quantitative estimate of drug-likeness (QED) is 0.537. The minimum Gasteiger partial charge on any atom is -0.486 e. The maximum atomic E-state index is 13.8. The number of aliphatic imine (C=N–C) groups is 1. The van der Waals surface area contributed by atoms with Crippen molar-refractivity contribution >= 4 is 11.8 Å². The minimum atomic E-state index is -0.354. The summed E-state index contributed by atoms with van der Waals surface area (Å²) in [4.78, 5) is 11.5. The molecule has 7 heteroatoms. The largest absolute Gasteiger partial charge is 0.486 e. The lowest BCUT2D eigenvalue weighted by molar-refractivity contribution is 0.220. The van der Waals surface area contributed by atoms with E-state index in [1.165, 1.54) is 11.6 Å². The molecule has 3 rings (SSSR count). The number of hydrogen-bond donors (Lipinski definition) is 2. The normalized spacial score (nSPS) is 16.3. The Balaban J connectivity index is 1.50. The number of para-hydroxylation sites is 1. The molecule has 6 nitrogen and oxygen atoms in total. The number of aryl methyl sites for hydroxylation is 1. The van der Waals surface area contributed by atoms with Gasteiger partial charge >= 0.3 is 0 Å². The zero-order valence-corrected chi connectivity index (χ0v) is 18.1. The molecule has 0 bridgehead atoms. The standard InChI is InChI=1S/C23H32FN5O/c1-4-25-23(27-16-18(3)30-21-8-6-5-7-20(21)24)28-19-11-13-29(14-12-19)22-10-9-17(2)15-26-22/h5-10,15,18-19H,4,11-14,16H2,1-3H3,(H2,25,27,28). The van der Waals surface area contributed by atoms with Crippen LogP contribution in [0.4, 0.5) is 10.2 Å². The Morgan fingerprint density at radius 2 is 2.03 bits per heavy atom. The summed E-state index contributed by atoms with van der Waals surface area (Å²) in [7, 11) is 0. The third-order valence-corrected chi connectivity index (χ3v) is 5.07. The molecule has 162 valence electrons. The zero-order valence-electron chi connectivity index (χ0n) is 18.1. The second-order valence-electron chi connectivity index (χ2n) is 7.68. The van der Waals surface area contributed by atoms with Gasteiger partial charge in [-0.15, -0.1) is 0 Å². The van der Waals surface area contributed by atoms with Crippen molar-refractivity contribution in [2.24, 2.45) is 4.99 Å². The highest BCUT2D eigenvalue weighted by atomic mass is 19.1. The Morgan fingerprint density at radius 1 is 1.27 bits per heavy atom. The van der Waals surface area contributed by atoms with Crippen LogP contribution in [0.5, 0.6) is 5.75 Å². The van der Waals surface area contributed by atoms with Crippen molar-refractivity contribution in [2.75, 3.05) is 31.1 Å². The van der Waals surface area contributed by atoms with Crippen LogP contribution in [0.2, 0.25) is 0 Å². The lowest BCUT2D eigenvalue weighted by atomic mass is 10.1. The summed E-state index contributed by atoms with van der Waals surface area (Å²) >= 11 is 0. The highest BCUT2D eigenvalue weighted by Gasteiger charge is 2.21. The average Bonchev–Trinajstić information content (AvgIpc) is 2.75. The molecule has 2 heterocycles. The summed E-state index contributed by atoms with van der Waals surface area (Å²) in [5, 5.41) is 6.82. The molecular formula is C23H32FN5O. The van der Waals surface area contributed by atoms with Gasteiger partial charge in [-0.2, -0.15) is 0 Å². The maximum absolute atomic E-state index is 13.8. The van der Waals surface area contributed by atoms with E-state index in [9.17, 15) is 4.39 Å². The SMILES string of the molecule is CCNC(=NCC(C)Oc1ccccc1F)NC1CCN(c2ccc(C)cn2)CC1. The Hall–Kier alpha value is -2.83. The smallest absolute Gasteiger partial charge is 0.191 e. The van der Waals surface area contributed by atoms with Gasteiger partial charge in [-0.1, -0.05) is 18.2 Å². The Morgan fingerprint density at radius 3 is 2.70 bits per heavy atom. The topological polar surface area (TPSA) is 61.8 Å². The number of benzene rings is 1. The average molecular weight is 414 g/mol. The van der Waals surface area contributed by atoms with Gasteiger partial charge in [-0.3, -0.25) is 0 Å². The second-order valence-corrected chi connectivity index (χ2v) is 7.68. The van der Waals surface area contributed by atoms with Gasteiger partial charge in [0.2, 0.25) is 0 Å². The van der Waals surface area contributed by atoms with E-state index in [-0.39, 0.29) is 17.7 Å². The van der Waals surface area contributed by atoms with Crippen LogP contribution < -0.4 is 20.3 Å². The van der Waals surface area contributed by atoms with E-state index < -0.39 is 0 Å². The maximum Gasteiger partial charge on any atom is 0.191 e. The number of guanidine groups is 1. The van der Waals surface area contributed by atoms with Crippen LogP contribution in [-0.2, 0) is 0 Å². The first kappa shape index (κ1) is 21.9. The molecule has 1 saturated heterocycles. The molecule has 1 unspecified atom stereocenters. The molecule has 2 aromatic rings. The van der Waals surface area contributed by atoms with Crippen molar-refractivity contribution in [1.82, 2.24) is 15.6 Å². The molecule has 0 amide bonds. The Bertz CT molecular complexity index is 819. The van der Waals surface area contributed by atoms with Crippen LogP contribution in [0, 0.1) is 12.7 Å². The fourth-order valence-corrected chi connectivity index (χ4v) is 3.43. The second kappa shape index (κ2) is 10.8. The first-order valence-corrected chi connectivity index (χ1v) is 10.7. The van der Waals surface area contributed by atoms with E-state index in [2.05, 4.69) is 44.6 Å². The van der Waals surface area contributed by atoms with Crippen molar-refractivity contribution in [2.45, 2.75) is 45.8 Å². The molecule has 2 N–H and O–H groups in total. The molecule has 1 aromatic carbocycles. The van der Waals surface area contributed by atoms with Gasteiger partial charge in [0.15, 0.2) is 17.5 Å². The number of hydrogen-bond acceptors (Lipinski definition) is 4. The molecular weight excluding hydrogens is 381 g/mol. The van der Waals surface area contributed by atoms with E-state index in [1.54, 1.807) is 18.2 Å². The van der Waals surface area contributed by atoms with Crippen LogP contribution >= 0.6 is 0 Å². The summed E-state index contributed by atoms with van der Waals surface area (Å²) in [5.74, 6) is 1.72. The molecule has 0 radical (unpaired) electrons. The van der Waals surface area contributed by atoms with Crippen molar-refractivity contribution < 1.29 is 9.13 Å². The van der Waals surface area contributed by atoms with E-state index in [0.29, 0.717) is 12.6 Å². The predicted octanol–water partition coefficient (Wildman–Crippen LogP) is 3.52. The van der Waals surface area contributed by atoms with Crippen molar-refractivity contribution in [1.29, 1.82) is 0 Å². The number of nitrogens with one attached hydrogen (secondary N) is 2. The highest BCUT2D eigenvalue weighted by Crippen LogP contribution is 2.18.